The van der Waals surface area contributed by atoms with Crippen LogP contribution < -0.4 is 0 Å². The largest absolute Gasteiger partial charge is 0.481 e. The van der Waals surface area contributed by atoms with E-state index in [1.54, 1.807) is 7.11 Å². The SMILES string of the molecule is COCCC1(C(=O)N2CCCC(CCC(=O)O)C2)CCC1. The number of likely N-dealkylation sites (tertiary alicyclic amines) is 1. The molecule has 1 saturated carbocycles. The zero-order valence-corrected chi connectivity index (χ0v) is 13.0. The fourth-order valence-corrected chi connectivity index (χ4v) is 3.62. The summed E-state index contributed by atoms with van der Waals surface area (Å²) in [5.41, 5.74) is -0.190. The van der Waals surface area contributed by atoms with Crippen molar-refractivity contribution in [3.63, 3.8) is 0 Å². The number of ether oxygens (including phenoxy) is 1. The molecule has 1 aliphatic carbocycles. The van der Waals surface area contributed by atoms with Gasteiger partial charge in [0.2, 0.25) is 5.91 Å². The van der Waals surface area contributed by atoms with Crippen molar-refractivity contribution in [3.8, 4) is 0 Å². The third kappa shape index (κ3) is 3.96. The lowest BCUT2D eigenvalue weighted by molar-refractivity contribution is -0.151. The predicted molar refractivity (Wildman–Crippen MR) is 79.0 cm³/mol. The number of carboxylic acids is 1. The van der Waals surface area contributed by atoms with Gasteiger partial charge in [0.25, 0.3) is 0 Å². The number of hydrogen-bond acceptors (Lipinski definition) is 3. The van der Waals surface area contributed by atoms with E-state index in [1.165, 1.54) is 0 Å². The molecular weight excluding hydrogens is 270 g/mol. The molecule has 0 radical (unpaired) electrons. The molecule has 1 heterocycles. The highest BCUT2D eigenvalue weighted by Crippen LogP contribution is 2.46. The highest BCUT2D eigenvalue weighted by Gasteiger charge is 2.46. The number of nitrogens with zero attached hydrogens (tertiary/aromatic N) is 1. The maximum atomic E-state index is 12.8. The van der Waals surface area contributed by atoms with Crippen LogP contribution >= 0.6 is 0 Å². The Morgan fingerprint density at radius 3 is 2.67 bits per heavy atom. The summed E-state index contributed by atoms with van der Waals surface area (Å²) >= 11 is 0. The van der Waals surface area contributed by atoms with Crippen LogP contribution in [0.25, 0.3) is 0 Å². The molecule has 0 aromatic carbocycles. The number of piperidine rings is 1. The minimum Gasteiger partial charge on any atom is -0.481 e. The van der Waals surface area contributed by atoms with Crippen molar-refractivity contribution < 1.29 is 19.4 Å². The predicted octanol–water partition coefficient (Wildman–Crippen LogP) is 2.30. The van der Waals surface area contributed by atoms with E-state index in [9.17, 15) is 9.59 Å². The second-order valence-corrected chi connectivity index (χ2v) is 6.57. The number of methoxy groups -OCH3 is 1. The van der Waals surface area contributed by atoms with E-state index < -0.39 is 5.97 Å². The first-order valence-electron chi connectivity index (χ1n) is 8.07. The van der Waals surface area contributed by atoms with Gasteiger partial charge in [0, 0.05) is 33.2 Å². The summed E-state index contributed by atoms with van der Waals surface area (Å²) in [6.45, 7) is 2.21. The molecule has 1 amide bonds. The topological polar surface area (TPSA) is 66.8 Å². The second-order valence-electron chi connectivity index (χ2n) is 6.57. The van der Waals surface area contributed by atoms with E-state index in [0.29, 0.717) is 18.9 Å². The zero-order valence-electron chi connectivity index (χ0n) is 13.0. The first-order chi connectivity index (χ1) is 10.1. The molecule has 2 aliphatic rings. The molecule has 0 aromatic heterocycles. The summed E-state index contributed by atoms with van der Waals surface area (Å²) in [7, 11) is 1.68. The summed E-state index contributed by atoms with van der Waals surface area (Å²) < 4.78 is 5.16. The van der Waals surface area contributed by atoms with Crippen molar-refractivity contribution in [2.75, 3.05) is 26.8 Å². The summed E-state index contributed by atoms with van der Waals surface area (Å²) in [6.07, 6.45) is 6.84. The molecule has 2 fully saturated rings. The number of carbonyl (C=O) groups is 2. The van der Waals surface area contributed by atoms with Gasteiger partial charge in [-0.1, -0.05) is 6.42 Å². The van der Waals surface area contributed by atoms with Gasteiger partial charge in [0.05, 0.1) is 5.41 Å². The van der Waals surface area contributed by atoms with Gasteiger partial charge >= 0.3 is 5.97 Å². The van der Waals surface area contributed by atoms with Gasteiger partial charge in [-0.15, -0.1) is 0 Å². The van der Waals surface area contributed by atoms with E-state index in [0.717, 1.165) is 51.6 Å². The third-order valence-electron chi connectivity index (χ3n) is 5.12. The fraction of sp³-hybridized carbons (Fsp3) is 0.875. The number of hydrogen-bond donors (Lipinski definition) is 1. The van der Waals surface area contributed by atoms with Crippen LogP contribution in [0.3, 0.4) is 0 Å². The van der Waals surface area contributed by atoms with Crippen LogP contribution in [-0.4, -0.2) is 48.7 Å². The fourth-order valence-electron chi connectivity index (χ4n) is 3.62. The van der Waals surface area contributed by atoms with Crippen molar-refractivity contribution >= 4 is 11.9 Å². The third-order valence-corrected chi connectivity index (χ3v) is 5.12. The van der Waals surface area contributed by atoms with Gasteiger partial charge in [-0.2, -0.15) is 0 Å². The lowest BCUT2D eigenvalue weighted by atomic mass is 9.65. The van der Waals surface area contributed by atoms with E-state index in [4.69, 9.17) is 9.84 Å². The Bertz CT molecular complexity index is 378. The molecule has 1 saturated heterocycles. The molecule has 1 atom stereocenters. The number of rotatable bonds is 7. The van der Waals surface area contributed by atoms with Gasteiger partial charge in [0.15, 0.2) is 0 Å². The van der Waals surface area contributed by atoms with Gasteiger partial charge in [-0.05, 0) is 44.4 Å². The molecule has 2 rings (SSSR count). The molecule has 5 heteroatoms. The van der Waals surface area contributed by atoms with Crippen molar-refractivity contribution in [2.45, 2.75) is 51.4 Å². The summed E-state index contributed by atoms with van der Waals surface area (Å²) in [4.78, 5) is 25.5. The van der Waals surface area contributed by atoms with E-state index in [1.807, 2.05) is 4.90 Å². The summed E-state index contributed by atoms with van der Waals surface area (Å²) in [6, 6.07) is 0. The van der Waals surface area contributed by atoms with Crippen molar-refractivity contribution in [1.29, 1.82) is 0 Å². The molecular formula is C16H27NO4. The molecule has 5 nitrogen and oxygen atoms in total. The van der Waals surface area contributed by atoms with Gasteiger partial charge < -0.3 is 14.7 Å². The highest BCUT2D eigenvalue weighted by atomic mass is 16.5. The minimum absolute atomic E-state index is 0.190. The van der Waals surface area contributed by atoms with Gasteiger partial charge in [-0.25, -0.2) is 0 Å². The van der Waals surface area contributed by atoms with Crippen LogP contribution in [0, 0.1) is 11.3 Å². The van der Waals surface area contributed by atoms with Crippen molar-refractivity contribution in [1.82, 2.24) is 4.90 Å². The first-order valence-corrected chi connectivity index (χ1v) is 8.07. The Balaban J connectivity index is 1.90. The zero-order chi connectivity index (χ0) is 15.3. The molecule has 0 aromatic rings. The van der Waals surface area contributed by atoms with Crippen molar-refractivity contribution in [2.24, 2.45) is 11.3 Å². The lowest BCUT2D eigenvalue weighted by Crippen LogP contribution is -2.51. The Hall–Kier alpha value is -1.10. The molecule has 0 spiro atoms. The van der Waals surface area contributed by atoms with Crippen LogP contribution in [0.15, 0.2) is 0 Å². The van der Waals surface area contributed by atoms with Crippen molar-refractivity contribution in [3.05, 3.63) is 0 Å². The second kappa shape index (κ2) is 7.25. The summed E-state index contributed by atoms with van der Waals surface area (Å²) in [5.74, 6) is -0.113. The Morgan fingerprint density at radius 2 is 2.10 bits per heavy atom. The average Bonchev–Trinajstić information content (AvgIpc) is 2.44. The minimum atomic E-state index is -0.742. The molecule has 120 valence electrons. The number of carbonyl (C=O) groups excluding carboxylic acids is 1. The van der Waals surface area contributed by atoms with Crippen LogP contribution in [0.5, 0.6) is 0 Å². The first kappa shape index (κ1) is 16.3. The lowest BCUT2D eigenvalue weighted by Gasteiger charge is -2.45. The van der Waals surface area contributed by atoms with Crippen LogP contribution in [0.1, 0.15) is 51.4 Å². The van der Waals surface area contributed by atoms with Gasteiger partial charge in [-0.3, -0.25) is 9.59 Å². The summed E-state index contributed by atoms with van der Waals surface area (Å²) in [5, 5.41) is 8.80. The van der Waals surface area contributed by atoms with E-state index >= 15 is 0 Å². The van der Waals surface area contributed by atoms with Crippen LogP contribution in [0.4, 0.5) is 0 Å². The quantitative estimate of drug-likeness (QED) is 0.783. The van der Waals surface area contributed by atoms with Crippen LogP contribution in [-0.2, 0) is 14.3 Å². The maximum Gasteiger partial charge on any atom is 0.303 e. The molecule has 1 N–H and O–H groups in total. The standard InChI is InChI=1S/C16H27NO4/c1-21-11-9-16(7-3-8-16)15(20)17-10-2-4-13(12-17)5-6-14(18)19/h13H,2-12H2,1H3,(H,18,19). The Kier molecular flexibility index (Phi) is 5.62. The smallest absolute Gasteiger partial charge is 0.303 e. The number of amides is 1. The molecule has 1 aliphatic heterocycles. The number of aliphatic carboxylic acids is 1. The van der Waals surface area contributed by atoms with E-state index in [2.05, 4.69) is 0 Å². The molecule has 1 unspecified atom stereocenters. The average molecular weight is 297 g/mol. The molecule has 0 bridgehead atoms. The van der Waals surface area contributed by atoms with Gasteiger partial charge in [0.1, 0.15) is 0 Å². The number of carboxylic acid groups (broad SMARTS) is 1. The maximum absolute atomic E-state index is 12.8. The van der Waals surface area contributed by atoms with E-state index in [-0.39, 0.29) is 17.7 Å². The van der Waals surface area contributed by atoms with Crippen LogP contribution in [0.2, 0.25) is 0 Å². The Labute approximate surface area is 126 Å². The normalized spacial score (nSPS) is 24.4. The molecule has 21 heavy (non-hydrogen) atoms. The highest BCUT2D eigenvalue weighted by molar-refractivity contribution is 5.83. The Morgan fingerprint density at radius 1 is 1.33 bits per heavy atom. The monoisotopic (exact) mass is 297 g/mol.